The Hall–Kier alpha value is -0.0800. The van der Waals surface area contributed by atoms with E-state index in [0.29, 0.717) is 18.2 Å². The van der Waals surface area contributed by atoms with Gasteiger partial charge in [0.15, 0.2) is 0 Å². The van der Waals surface area contributed by atoms with Crippen LogP contribution in [0.25, 0.3) is 0 Å². The zero-order chi connectivity index (χ0) is 12.5. The molecule has 6 atom stereocenters. The van der Waals surface area contributed by atoms with Crippen molar-refractivity contribution in [1.29, 1.82) is 0 Å². The van der Waals surface area contributed by atoms with Crippen molar-refractivity contribution in [1.82, 2.24) is 5.32 Å². The van der Waals surface area contributed by atoms with Crippen LogP contribution in [0.15, 0.2) is 0 Å². The summed E-state index contributed by atoms with van der Waals surface area (Å²) in [6.45, 7) is 5.53. The van der Waals surface area contributed by atoms with E-state index in [1.807, 2.05) is 0 Å². The summed E-state index contributed by atoms with van der Waals surface area (Å²) >= 11 is 0. The number of hydrogen-bond acceptors (Lipinski definition) is 2. The fourth-order valence-corrected chi connectivity index (χ4v) is 4.75. The van der Waals surface area contributed by atoms with Crippen molar-refractivity contribution in [2.75, 3.05) is 6.54 Å². The van der Waals surface area contributed by atoms with Crippen LogP contribution in [0.2, 0.25) is 0 Å². The molecule has 0 aromatic heterocycles. The van der Waals surface area contributed by atoms with Gasteiger partial charge in [-0.1, -0.05) is 13.3 Å². The van der Waals surface area contributed by atoms with Crippen LogP contribution in [0.1, 0.15) is 58.8 Å². The molecule has 18 heavy (non-hydrogen) atoms. The van der Waals surface area contributed by atoms with E-state index in [-0.39, 0.29) is 0 Å². The maximum atomic E-state index is 6.10. The zero-order valence-electron chi connectivity index (χ0n) is 12.0. The normalized spacial score (nSPS) is 44.7. The number of nitrogens with one attached hydrogen (secondary N) is 1. The van der Waals surface area contributed by atoms with Gasteiger partial charge in [-0.3, -0.25) is 0 Å². The van der Waals surface area contributed by atoms with E-state index < -0.39 is 0 Å². The SMILES string of the molecule is CCNC(CC1CC2CCC1C2)C1CCC(C)O1. The van der Waals surface area contributed by atoms with Crippen molar-refractivity contribution in [3.05, 3.63) is 0 Å². The molecule has 3 aliphatic rings. The van der Waals surface area contributed by atoms with Gasteiger partial charge in [0, 0.05) is 6.04 Å². The molecule has 0 amide bonds. The lowest BCUT2D eigenvalue weighted by atomic mass is 9.83. The first-order chi connectivity index (χ1) is 8.76. The van der Waals surface area contributed by atoms with Gasteiger partial charge in [0.2, 0.25) is 0 Å². The molecule has 1 aliphatic heterocycles. The monoisotopic (exact) mass is 251 g/mol. The fraction of sp³-hybridized carbons (Fsp3) is 1.00. The molecule has 2 saturated carbocycles. The van der Waals surface area contributed by atoms with Crippen LogP contribution in [-0.4, -0.2) is 24.8 Å². The number of rotatable bonds is 5. The van der Waals surface area contributed by atoms with E-state index in [9.17, 15) is 0 Å². The molecule has 1 heterocycles. The topological polar surface area (TPSA) is 21.3 Å². The Morgan fingerprint density at radius 3 is 2.61 bits per heavy atom. The minimum atomic E-state index is 0.483. The highest BCUT2D eigenvalue weighted by Crippen LogP contribution is 2.50. The quantitative estimate of drug-likeness (QED) is 0.809. The number of hydrogen-bond donors (Lipinski definition) is 1. The molecule has 0 radical (unpaired) electrons. The molecule has 2 aliphatic carbocycles. The Morgan fingerprint density at radius 1 is 1.17 bits per heavy atom. The second-order valence-corrected chi connectivity index (χ2v) is 6.90. The third kappa shape index (κ3) is 2.60. The minimum absolute atomic E-state index is 0.483. The van der Waals surface area contributed by atoms with Crippen LogP contribution in [0.4, 0.5) is 0 Å². The largest absolute Gasteiger partial charge is 0.374 e. The molecule has 2 nitrogen and oxygen atoms in total. The molecule has 3 fully saturated rings. The van der Waals surface area contributed by atoms with Crippen molar-refractivity contribution >= 4 is 0 Å². The number of likely N-dealkylation sites (N-methyl/N-ethyl adjacent to an activating group) is 1. The summed E-state index contributed by atoms with van der Waals surface area (Å²) in [7, 11) is 0. The fourth-order valence-electron chi connectivity index (χ4n) is 4.75. The first-order valence-electron chi connectivity index (χ1n) is 8.15. The van der Waals surface area contributed by atoms with E-state index >= 15 is 0 Å². The van der Waals surface area contributed by atoms with E-state index in [0.717, 1.165) is 24.3 Å². The maximum Gasteiger partial charge on any atom is 0.0732 e. The highest BCUT2D eigenvalue weighted by atomic mass is 16.5. The average molecular weight is 251 g/mol. The van der Waals surface area contributed by atoms with Crippen LogP contribution >= 0.6 is 0 Å². The van der Waals surface area contributed by atoms with E-state index in [1.54, 1.807) is 0 Å². The third-order valence-electron chi connectivity index (χ3n) is 5.62. The number of fused-ring (bicyclic) bond motifs is 2. The second kappa shape index (κ2) is 5.50. The number of ether oxygens (including phenoxy) is 1. The van der Waals surface area contributed by atoms with Crippen molar-refractivity contribution < 1.29 is 4.74 Å². The van der Waals surface area contributed by atoms with Crippen molar-refractivity contribution in [3.8, 4) is 0 Å². The molecule has 3 rings (SSSR count). The second-order valence-electron chi connectivity index (χ2n) is 6.90. The van der Waals surface area contributed by atoms with Crippen LogP contribution < -0.4 is 5.32 Å². The van der Waals surface area contributed by atoms with Crippen LogP contribution in [0, 0.1) is 17.8 Å². The lowest BCUT2D eigenvalue weighted by Crippen LogP contribution is -2.41. The van der Waals surface area contributed by atoms with Crippen LogP contribution in [0.3, 0.4) is 0 Å². The molecule has 104 valence electrons. The first kappa shape index (κ1) is 12.9. The lowest BCUT2D eigenvalue weighted by Gasteiger charge is -2.30. The molecular weight excluding hydrogens is 222 g/mol. The van der Waals surface area contributed by atoms with Gasteiger partial charge in [0.25, 0.3) is 0 Å². The molecule has 0 aromatic rings. The minimum Gasteiger partial charge on any atom is -0.374 e. The highest BCUT2D eigenvalue weighted by molar-refractivity contribution is 4.94. The van der Waals surface area contributed by atoms with Gasteiger partial charge in [-0.25, -0.2) is 0 Å². The summed E-state index contributed by atoms with van der Waals surface area (Å²) in [6.07, 6.45) is 10.9. The predicted molar refractivity (Wildman–Crippen MR) is 74.6 cm³/mol. The zero-order valence-corrected chi connectivity index (χ0v) is 12.0. The molecule has 1 saturated heterocycles. The van der Waals surface area contributed by atoms with Gasteiger partial charge in [-0.15, -0.1) is 0 Å². The Labute approximate surface area is 112 Å². The van der Waals surface area contributed by atoms with Crippen molar-refractivity contribution in [2.45, 2.75) is 77.0 Å². The highest BCUT2D eigenvalue weighted by Gasteiger charge is 2.41. The maximum absolute atomic E-state index is 6.10. The summed E-state index contributed by atoms with van der Waals surface area (Å²) < 4.78 is 6.10. The Balaban J connectivity index is 1.56. The van der Waals surface area contributed by atoms with E-state index in [2.05, 4.69) is 19.2 Å². The predicted octanol–water partition coefficient (Wildman–Crippen LogP) is 3.36. The Morgan fingerprint density at radius 2 is 2.06 bits per heavy atom. The van der Waals surface area contributed by atoms with Crippen molar-refractivity contribution in [3.63, 3.8) is 0 Å². The average Bonchev–Trinajstić information content (AvgIpc) is 3.04. The lowest BCUT2D eigenvalue weighted by molar-refractivity contribution is 0.0242. The molecule has 0 aromatic carbocycles. The van der Waals surface area contributed by atoms with Gasteiger partial charge in [0.05, 0.1) is 12.2 Å². The summed E-state index contributed by atoms with van der Waals surface area (Å²) in [6, 6.07) is 0.615. The van der Waals surface area contributed by atoms with Crippen LogP contribution in [-0.2, 0) is 4.74 Å². The van der Waals surface area contributed by atoms with Gasteiger partial charge in [-0.05, 0) is 69.7 Å². The summed E-state index contributed by atoms with van der Waals surface area (Å²) in [5, 5.41) is 3.71. The standard InChI is InChI=1S/C16H29NO/c1-3-17-15(16-7-4-11(2)18-16)10-14-9-12-5-6-13(14)8-12/h11-17H,3-10H2,1-2H3. The van der Waals surface area contributed by atoms with E-state index in [1.165, 1.54) is 44.9 Å². The van der Waals surface area contributed by atoms with Crippen molar-refractivity contribution in [2.24, 2.45) is 17.8 Å². The third-order valence-corrected chi connectivity index (χ3v) is 5.62. The van der Waals surface area contributed by atoms with E-state index in [4.69, 9.17) is 4.74 Å². The molecule has 0 spiro atoms. The smallest absolute Gasteiger partial charge is 0.0732 e. The van der Waals surface area contributed by atoms with Gasteiger partial charge < -0.3 is 10.1 Å². The molecular formula is C16H29NO. The molecule has 1 N–H and O–H groups in total. The van der Waals surface area contributed by atoms with Gasteiger partial charge >= 0.3 is 0 Å². The summed E-state index contributed by atoms with van der Waals surface area (Å²) in [4.78, 5) is 0. The van der Waals surface area contributed by atoms with Crippen LogP contribution in [0.5, 0.6) is 0 Å². The Kier molecular flexibility index (Phi) is 3.95. The molecule has 2 bridgehead atoms. The summed E-state index contributed by atoms with van der Waals surface area (Å²) in [5.74, 6) is 3.12. The van der Waals surface area contributed by atoms with Gasteiger partial charge in [0.1, 0.15) is 0 Å². The first-order valence-corrected chi connectivity index (χ1v) is 8.15. The molecule has 6 unspecified atom stereocenters. The Bertz CT molecular complexity index is 280. The molecule has 2 heteroatoms. The van der Waals surface area contributed by atoms with Gasteiger partial charge in [-0.2, -0.15) is 0 Å². The summed E-state index contributed by atoms with van der Waals surface area (Å²) in [5.41, 5.74) is 0.